The second-order valence-corrected chi connectivity index (χ2v) is 5.56. The Hall–Kier alpha value is -0.600. The fraction of sp³-hybridized carbons (Fsp3) is 0.889. The molecule has 1 fully saturated rings. The van der Waals surface area contributed by atoms with Crippen LogP contribution in [0.4, 0.5) is 0 Å². The van der Waals surface area contributed by atoms with Gasteiger partial charge in [0.25, 0.3) is 10.1 Å². The number of nitrogens with zero attached hydrogens (tertiary/aromatic N) is 1. The average molecular weight is 217 g/mol. The third kappa shape index (κ3) is 3.28. The Bertz CT molecular complexity index is 322. The Balaban J connectivity index is 2.58. The van der Waals surface area contributed by atoms with Crippen molar-refractivity contribution in [1.29, 1.82) is 5.26 Å². The van der Waals surface area contributed by atoms with Crippen LogP contribution in [0, 0.1) is 16.7 Å². The molecule has 0 spiro atoms. The van der Waals surface area contributed by atoms with Crippen LogP contribution in [0.1, 0.15) is 32.1 Å². The molecule has 1 aliphatic rings. The van der Waals surface area contributed by atoms with Gasteiger partial charge in [-0.1, -0.05) is 19.3 Å². The molecule has 0 aromatic rings. The largest absolute Gasteiger partial charge is 0.269 e. The molecule has 0 bridgehead atoms. The zero-order chi connectivity index (χ0) is 10.7. The number of rotatable bonds is 3. The summed E-state index contributed by atoms with van der Waals surface area (Å²) < 4.78 is 26.3. The molecular weight excluding hydrogens is 202 g/mol. The highest BCUT2D eigenvalue weighted by atomic mass is 32.2. The lowest BCUT2D eigenvalue weighted by Gasteiger charge is -2.29. The molecule has 0 saturated heterocycles. The summed E-state index contributed by atoms with van der Waals surface area (Å²) in [6.07, 6.45) is 5.61. The quantitative estimate of drug-likeness (QED) is 0.671. The highest BCUT2D eigenvalue weighted by molar-refractivity contribution is 7.85. The van der Waals surface area contributed by atoms with Crippen LogP contribution in [0.15, 0.2) is 0 Å². The van der Waals surface area contributed by atoms with E-state index >= 15 is 0 Å². The van der Waals surface area contributed by atoms with E-state index in [2.05, 4.69) is 6.07 Å². The number of hydrogen-bond acceptors (Lipinski definition) is 4. The summed E-state index contributed by atoms with van der Waals surface area (Å²) in [6, 6.07) is 2.20. The molecule has 0 amide bonds. The maximum absolute atomic E-state index is 10.8. The molecule has 0 radical (unpaired) electrons. The summed E-state index contributed by atoms with van der Waals surface area (Å²) in [4.78, 5) is 0. The van der Waals surface area contributed by atoms with Gasteiger partial charge in [0.2, 0.25) is 0 Å². The van der Waals surface area contributed by atoms with Crippen LogP contribution < -0.4 is 0 Å². The van der Waals surface area contributed by atoms with E-state index in [0.29, 0.717) is 0 Å². The van der Waals surface area contributed by atoms with Crippen LogP contribution in [0.25, 0.3) is 0 Å². The van der Waals surface area contributed by atoms with Crippen LogP contribution in [-0.4, -0.2) is 21.3 Å². The molecule has 1 saturated carbocycles. The SMILES string of the molecule is CS(=O)(=O)OCC1(C#N)CCCCC1. The second kappa shape index (κ2) is 4.28. The fourth-order valence-corrected chi connectivity index (χ4v) is 2.18. The topological polar surface area (TPSA) is 67.2 Å². The first-order valence-electron chi connectivity index (χ1n) is 4.73. The van der Waals surface area contributed by atoms with Gasteiger partial charge in [0.15, 0.2) is 0 Å². The normalized spacial score (nSPS) is 21.4. The molecule has 14 heavy (non-hydrogen) atoms. The Morgan fingerprint density at radius 2 is 1.93 bits per heavy atom. The predicted molar refractivity (Wildman–Crippen MR) is 51.9 cm³/mol. The lowest BCUT2D eigenvalue weighted by atomic mass is 9.76. The van der Waals surface area contributed by atoms with Gasteiger partial charge >= 0.3 is 0 Å². The Morgan fingerprint density at radius 3 is 2.36 bits per heavy atom. The van der Waals surface area contributed by atoms with E-state index in [1.54, 1.807) is 0 Å². The highest BCUT2D eigenvalue weighted by Crippen LogP contribution is 2.36. The second-order valence-electron chi connectivity index (χ2n) is 3.92. The third-order valence-corrected chi connectivity index (χ3v) is 3.14. The van der Waals surface area contributed by atoms with Crippen molar-refractivity contribution in [3.63, 3.8) is 0 Å². The summed E-state index contributed by atoms with van der Waals surface area (Å²) >= 11 is 0. The molecule has 0 aromatic carbocycles. The highest BCUT2D eigenvalue weighted by Gasteiger charge is 2.33. The summed E-state index contributed by atoms with van der Waals surface area (Å²) in [5, 5.41) is 9.01. The van der Waals surface area contributed by atoms with Crippen molar-refractivity contribution in [2.75, 3.05) is 12.9 Å². The summed E-state index contributed by atoms with van der Waals surface area (Å²) in [6.45, 7) is 0.0162. The average Bonchev–Trinajstić information content (AvgIpc) is 2.15. The molecule has 0 heterocycles. The van der Waals surface area contributed by atoms with Crippen LogP contribution in [0.3, 0.4) is 0 Å². The molecule has 5 heteroatoms. The van der Waals surface area contributed by atoms with Gasteiger partial charge in [0, 0.05) is 0 Å². The van der Waals surface area contributed by atoms with Gasteiger partial charge in [-0.05, 0) is 12.8 Å². The zero-order valence-electron chi connectivity index (χ0n) is 8.32. The minimum Gasteiger partial charge on any atom is -0.269 e. The van der Waals surface area contributed by atoms with Crippen molar-refractivity contribution >= 4 is 10.1 Å². The molecule has 0 N–H and O–H groups in total. The van der Waals surface area contributed by atoms with Crippen LogP contribution in [0.2, 0.25) is 0 Å². The lowest BCUT2D eigenvalue weighted by molar-refractivity contribution is 0.156. The van der Waals surface area contributed by atoms with E-state index in [1.165, 1.54) is 0 Å². The van der Waals surface area contributed by atoms with E-state index in [-0.39, 0.29) is 6.61 Å². The minimum absolute atomic E-state index is 0.0162. The third-order valence-electron chi connectivity index (χ3n) is 2.60. The minimum atomic E-state index is -3.42. The number of nitriles is 1. The lowest BCUT2D eigenvalue weighted by Crippen LogP contribution is -2.29. The fourth-order valence-electron chi connectivity index (χ4n) is 1.74. The Kier molecular flexibility index (Phi) is 3.51. The summed E-state index contributed by atoms with van der Waals surface area (Å²) in [7, 11) is -3.42. The standard InChI is InChI=1S/C9H15NO3S/c1-14(11,12)13-8-9(7-10)5-3-2-4-6-9/h2-6,8H2,1H3. The van der Waals surface area contributed by atoms with E-state index in [0.717, 1.165) is 38.4 Å². The van der Waals surface area contributed by atoms with Crippen LogP contribution in [-0.2, 0) is 14.3 Å². The molecule has 80 valence electrons. The smallest absolute Gasteiger partial charge is 0.264 e. The first-order valence-corrected chi connectivity index (χ1v) is 6.55. The van der Waals surface area contributed by atoms with Gasteiger partial charge in [-0.3, -0.25) is 4.18 Å². The van der Waals surface area contributed by atoms with Crippen molar-refractivity contribution in [1.82, 2.24) is 0 Å². The van der Waals surface area contributed by atoms with Gasteiger partial charge in [-0.15, -0.1) is 0 Å². The Labute approximate surface area is 85.0 Å². The first kappa shape index (κ1) is 11.5. The van der Waals surface area contributed by atoms with Gasteiger partial charge in [-0.2, -0.15) is 13.7 Å². The van der Waals surface area contributed by atoms with E-state index in [4.69, 9.17) is 9.44 Å². The van der Waals surface area contributed by atoms with Gasteiger partial charge in [0.05, 0.1) is 24.3 Å². The van der Waals surface area contributed by atoms with E-state index in [1.807, 2.05) is 0 Å². The van der Waals surface area contributed by atoms with E-state index < -0.39 is 15.5 Å². The van der Waals surface area contributed by atoms with Gasteiger partial charge in [-0.25, -0.2) is 0 Å². The maximum Gasteiger partial charge on any atom is 0.264 e. The monoisotopic (exact) mass is 217 g/mol. The molecular formula is C9H15NO3S. The molecule has 0 atom stereocenters. The molecule has 0 aliphatic heterocycles. The van der Waals surface area contributed by atoms with Crippen molar-refractivity contribution in [3.05, 3.63) is 0 Å². The molecule has 4 nitrogen and oxygen atoms in total. The van der Waals surface area contributed by atoms with E-state index in [9.17, 15) is 8.42 Å². The zero-order valence-corrected chi connectivity index (χ0v) is 9.14. The molecule has 0 aromatic heterocycles. The Morgan fingerprint density at radius 1 is 1.36 bits per heavy atom. The van der Waals surface area contributed by atoms with Crippen LogP contribution >= 0.6 is 0 Å². The molecule has 0 unspecified atom stereocenters. The molecule has 1 rings (SSSR count). The molecule has 1 aliphatic carbocycles. The maximum atomic E-state index is 10.8. The van der Waals surface area contributed by atoms with Crippen molar-refractivity contribution < 1.29 is 12.6 Å². The van der Waals surface area contributed by atoms with Gasteiger partial charge < -0.3 is 0 Å². The summed E-state index contributed by atoms with van der Waals surface area (Å²) in [5.74, 6) is 0. The van der Waals surface area contributed by atoms with Crippen molar-refractivity contribution in [2.45, 2.75) is 32.1 Å². The van der Waals surface area contributed by atoms with Gasteiger partial charge in [0.1, 0.15) is 0 Å². The number of hydrogen-bond donors (Lipinski definition) is 0. The van der Waals surface area contributed by atoms with Crippen LogP contribution in [0.5, 0.6) is 0 Å². The first-order chi connectivity index (χ1) is 6.47. The van der Waals surface area contributed by atoms with Crippen molar-refractivity contribution in [3.8, 4) is 6.07 Å². The summed E-state index contributed by atoms with van der Waals surface area (Å²) in [5.41, 5.74) is -0.568. The van der Waals surface area contributed by atoms with Crippen molar-refractivity contribution in [2.24, 2.45) is 5.41 Å². The predicted octanol–water partition coefficient (Wildman–Crippen LogP) is 1.44.